The molecular weight excluding hydrogens is 334 g/mol. The van der Waals surface area contributed by atoms with E-state index in [0.29, 0.717) is 35.2 Å². The fraction of sp³-hybridized carbons (Fsp3) is 0.579. The summed E-state index contributed by atoms with van der Waals surface area (Å²) in [5, 5.41) is 5.80. The number of carbonyl (C=O) groups excluding carboxylic acids is 2. The highest BCUT2D eigenvalue weighted by Crippen LogP contribution is 2.35. The van der Waals surface area contributed by atoms with Gasteiger partial charge in [0, 0.05) is 24.1 Å². The normalized spacial score (nSPS) is 15.2. The molecule has 2 rings (SSSR count). The molecule has 4 N–H and O–H groups in total. The summed E-state index contributed by atoms with van der Waals surface area (Å²) < 4.78 is 10.6. The van der Waals surface area contributed by atoms with Gasteiger partial charge < -0.3 is 25.8 Å². The van der Waals surface area contributed by atoms with E-state index < -0.39 is 5.41 Å². The van der Waals surface area contributed by atoms with Crippen molar-refractivity contribution in [2.75, 3.05) is 26.1 Å². The largest absolute Gasteiger partial charge is 0.493 e. The van der Waals surface area contributed by atoms with Gasteiger partial charge in [0.1, 0.15) is 0 Å². The molecule has 0 aliphatic heterocycles. The maximum atomic E-state index is 12.9. The van der Waals surface area contributed by atoms with E-state index >= 15 is 0 Å². The number of hydrogen-bond acceptors (Lipinski definition) is 5. The van der Waals surface area contributed by atoms with Crippen molar-refractivity contribution in [2.24, 2.45) is 17.1 Å². The lowest BCUT2D eigenvalue weighted by atomic mass is 9.95. The van der Waals surface area contributed by atoms with Crippen LogP contribution in [-0.2, 0) is 4.79 Å². The zero-order chi connectivity index (χ0) is 19.5. The van der Waals surface area contributed by atoms with Crippen LogP contribution in [0.3, 0.4) is 0 Å². The summed E-state index contributed by atoms with van der Waals surface area (Å²) in [6.07, 6.45) is 2.14. The molecule has 0 bridgehead atoms. The molecule has 1 atom stereocenters. The Kier molecular flexibility index (Phi) is 6.13. The standard InChI is InChI=1S/C19H29N3O4/c1-19(2,3)18(24)22-13-9-16(26-5)15(25-4)8-12(13)17(23)21-14(10-20)11-6-7-11/h8-9,11,14H,6-7,10,20H2,1-5H3,(H,21,23)(H,22,24). The second-order valence-corrected chi connectivity index (χ2v) is 7.61. The average Bonchev–Trinajstić information content (AvgIpc) is 3.42. The summed E-state index contributed by atoms with van der Waals surface area (Å²) in [5.74, 6) is 0.790. The van der Waals surface area contributed by atoms with E-state index in [1.54, 1.807) is 32.9 Å². The summed E-state index contributed by atoms with van der Waals surface area (Å²) in [5.41, 5.74) is 5.89. The summed E-state index contributed by atoms with van der Waals surface area (Å²) >= 11 is 0. The van der Waals surface area contributed by atoms with Crippen LogP contribution in [0.15, 0.2) is 12.1 Å². The number of nitrogens with one attached hydrogen (secondary N) is 2. The van der Waals surface area contributed by atoms with Crippen LogP contribution in [0.5, 0.6) is 11.5 Å². The molecule has 26 heavy (non-hydrogen) atoms. The topological polar surface area (TPSA) is 103 Å². The molecule has 1 aromatic carbocycles. The Morgan fingerprint density at radius 1 is 1.19 bits per heavy atom. The van der Waals surface area contributed by atoms with Gasteiger partial charge in [0.25, 0.3) is 5.91 Å². The van der Waals surface area contributed by atoms with E-state index in [0.717, 1.165) is 12.8 Å². The third-order valence-electron chi connectivity index (χ3n) is 4.46. The second kappa shape index (κ2) is 7.95. The molecule has 0 aromatic heterocycles. The maximum absolute atomic E-state index is 12.9. The molecule has 7 heteroatoms. The van der Waals surface area contributed by atoms with E-state index in [1.165, 1.54) is 14.2 Å². The third kappa shape index (κ3) is 4.66. The van der Waals surface area contributed by atoms with Gasteiger partial charge in [-0.25, -0.2) is 0 Å². The van der Waals surface area contributed by atoms with Gasteiger partial charge in [0.2, 0.25) is 5.91 Å². The molecule has 0 radical (unpaired) electrons. The fourth-order valence-electron chi connectivity index (χ4n) is 2.59. The van der Waals surface area contributed by atoms with Crippen LogP contribution in [0.25, 0.3) is 0 Å². The van der Waals surface area contributed by atoms with Crippen LogP contribution >= 0.6 is 0 Å². The minimum absolute atomic E-state index is 0.0678. The Bertz CT molecular complexity index is 678. The van der Waals surface area contributed by atoms with Gasteiger partial charge in [-0.3, -0.25) is 9.59 Å². The summed E-state index contributed by atoms with van der Waals surface area (Å²) in [7, 11) is 3.00. The van der Waals surface area contributed by atoms with E-state index in [4.69, 9.17) is 15.2 Å². The van der Waals surface area contributed by atoms with Crippen LogP contribution in [0, 0.1) is 11.3 Å². The minimum atomic E-state index is -0.602. The number of hydrogen-bond donors (Lipinski definition) is 3. The monoisotopic (exact) mass is 363 g/mol. The molecule has 0 saturated heterocycles. The Balaban J connectivity index is 2.37. The van der Waals surface area contributed by atoms with E-state index in [1.807, 2.05) is 0 Å². The number of carbonyl (C=O) groups is 2. The molecule has 1 unspecified atom stereocenters. The first-order valence-electron chi connectivity index (χ1n) is 8.79. The highest BCUT2D eigenvalue weighted by molar-refractivity contribution is 6.05. The van der Waals surface area contributed by atoms with Crippen molar-refractivity contribution in [3.63, 3.8) is 0 Å². The zero-order valence-electron chi connectivity index (χ0n) is 16.1. The van der Waals surface area contributed by atoms with Gasteiger partial charge in [-0.2, -0.15) is 0 Å². The number of anilines is 1. The lowest BCUT2D eigenvalue weighted by molar-refractivity contribution is -0.123. The molecule has 0 spiro atoms. The molecule has 1 aliphatic rings. The number of rotatable bonds is 7. The van der Waals surface area contributed by atoms with Crippen molar-refractivity contribution < 1.29 is 19.1 Å². The molecule has 0 heterocycles. The average molecular weight is 363 g/mol. The number of nitrogens with two attached hydrogens (primary N) is 1. The molecule has 144 valence electrons. The van der Waals surface area contributed by atoms with Crippen molar-refractivity contribution in [1.82, 2.24) is 5.32 Å². The van der Waals surface area contributed by atoms with E-state index in [9.17, 15) is 9.59 Å². The first kappa shape index (κ1) is 20.0. The Morgan fingerprint density at radius 3 is 2.23 bits per heavy atom. The number of benzene rings is 1. The SMILES string of the molecule is COc1cc(NC(=O)C(C)(C)C)c(C(=O)NC(CN)C2CC2)cc1OC. The maximum Gasteiger partial charge on any atom is 0.253 e. The highest BCUT2D eigenvalue weighted by Gasteiger charge is 2.32. The molecule has 1 saturated carbocycles. The van der Waals surface area contributed by atoms with Gasteiger partial charge in [-0.1, -0.05) is 20.8 Å². The van der Waals surface area contributed by atoms with Gasteiger partial charge in [-0.05, 0) is 24.8 Å². The van der Waals surface area contributed by atoms with Crippen molar-refractivity contribution in [3.05, 3.63) is 17.7 Å². The minimum Gasteiger partial charge on any atom is -0.493 e. The third-order valence-corrected chi connectivity index (χ3v) is 4.46. The lowest BCUT2D eigenvalue weighted by Gasteiger charge is -2.22. The molecule has 1 aliphatic carbocycles. The molecule has 1 fully saturated rings. The van der Waals surface area contributed by atoms with Crippen LogP contribution in [0.2, 0.25) is 0 Å². The zero-order valence-corrected chi connectivity index (χ0v) is 16.1. The van der Waals surface area contributed by atoms with Gasteiger partial charge >= 0.3 is 0 Å². The smallest absolute Gasteiger partial charge is 0.253 e. The van der Waals surface area contributed by atoms with Crippen LogP contribution in [0.4, 0.5) is 5.69 Å². The lowest BCUT2D eigenvalue weighted by Crippen LogP contribution is -2.42. The van der Waals surface area contributed by atoms with Crippen molar-refractivity contribution >= 4 is 17.5 Å². The van der Waals surface area contributed by atoms with E-state index in [2.05, 4.69) is 10.6 Å². The van der Waals surface area contributed by atoms with Crippen LogP contribution in [0.1, 0.15) is 44.0 Å². The summed E-state index contributed by atoms with van der Waals surface area (Å²) in [6, 6.07) is 3.11. The summed E-state index contributed by atoms with van der Waals surface area (Å²) in [4.78, 5) is 25.3. The van der Waals surface area contributed by atoms with Gasteiger partial charge in [-0.15, -0.1) is 0 Å². The fourth-order valence-corrected chi connectivity index (χ4v) is 2.59. The van der Waals surface area contributed by atoms with Crippen molar-refractivity contribution in [3.8, 4) is 11.5 Å². The van der Waals surface area contributed by atoms with Crippen molar-refractivity contribution in [2.45, 2.75) is 39.7 Å². The molecular formula is C19H29N3O4. The highest BCUT2D eigenvalue weighted by atomic mass is 16.5. The van der Waals surface area contributed by atoms with E-state index in [-0.39, 0.29) is 17.9 Å². The first-order chi connectivity index (χ1) is 12.2. The first-order valence-corrected chi connectivity index (χ1v) is 8.79. The van der Waals surface area contributed by atoms with Crippen LogP contribution in [-0.4, -0.2) is 38.6 Å². The van der Waals surface area contributed by atoms with Crippen LogP contribution < -0.4 is 25.8 Å². The number of ether oxygens (including phenoxy) is 2. The predicted octanol–water partition coefficient (Wildman–Crippen LogP) is 2.16. The quantitative estimate of drug-likeness (QED) is 0.689. The van der Waals surface area contributed by atoms with Gasteiger partial charge in [0.05, 0.1) is 25.5 Å². The number of amides is 2. The Labute approximate surface area is 154 Å². The predicted molar refractivity (Wildman–Crippen MR) is 101 cm³/mol. The number of methoxy groups -OCH3 is 2. The van der Waals surface area contributed by atoms with Crippen molar-refractivity contribution in [1.29, 1.82) is 0 Å². The Morgan fingerprint density at radius 2 is 1.77 bits per heavy atom. The molecule has 1 aromatic rings. The summed E-state index contributed by atoms with van der Waals surface area (Å²) in [6.45, 7) is 5.80. The Hall–Kier alpha value is -2.28. The second-order valence-electron chi connectivity index (χ2n) is 7.61. The molecule has 2 amide bonds. The van der Waals surface area contributed by atoms with Gasteiger partial charge in [0.15, 0.2) is 11.5 Å². The molecule has 7 nitrogen and oxygen atoms in total.